The fourth-order valence-electron chi connectivity index (χ4n) is 2.09. The predicted octanol–water partition coefficient (Wildman–Crippen LogP) is 2.15. The molecule has 0 saturated carbocycles. The molecule has 0 atom stereocenters. The molecule has 0 bridgehead atoms. The molecule has 0 spiro atoms. The van der Waals surface area contributed by atoms with E-state index in [9.17, 15) is 14.8 Å². The lowest BCUT2D eigenvalue weighted by molar-refractivity contribution is 0.382. The second-order valence-electron chi connectivity index (χ2n) is 4.94. The lowest BCUT2D eigenvalue weighted by atomic mass is 9.89. The van der Waals surface area contributed by atoms with Gasteiger partial charge in [-0.2, -0.15) is 0 Å². The highest BCUT2D eigenvalue weighted by Gasteiger charge is 2.29. The van der Waals surface area contributed by atoms with Gasteiger partial charge in [-0.3, -0.25) is 4.57 Å². The minimum atomic E-state index is -4.61. The molecule has 0 amide bonds. The first-order valence-electron chi connectivity index (χ1n) is 5.72. The highest BCUT2D eigenvalue weighted by molar-refractivity contribution is 7.60. The highest BCUT2D eigenvalue weighted by atomic mass is 31.2. The van der Waals surface area contributed by atoms with Gasteiger partial charge in [-0.05, 0) is 17.9 Å². The van der Waals surface area contributed by atoms with Gasteiger partial charge in [0.05, 0.1) is 0 Å². The van der Waals surface area contributed by atoms with Gasteiger partial charge in [0.1, 0.15) is 16.8 Å². The summed E-state index contributed by atoms with van der Waals surface area (Å²) in [6, 6.07) is 0.956. The molecular weight excluding hydrogens is 255 g/mol. The summed E-state index contributed by atoms with van der Waals surface area (Å²) in [5.74, 6) is -0.816. The van der Waals surface area contributed by atoms with E-state index in [4.69, 9.17) is 9.79 Å². The lowest BCUT2D eigenvalue weighted by Gasteiger charge is -2.21. The van der Waals surface area contributed by atoms with E-state index in [1.165, 1.54) is 0 Å². The van der Waals surface area contributed by atoms with Crippen LogP contribution in [0.2, 0.25) is 0 Å². The third-order valence-electron chi connectivity index (χ3n) is 2.81. The van der Waals surface area contributed by atoms with Crippen molar-refractivity contribution in [2.24, 2.45) is 0 Å². The van der Waals surface area contributed by atoms with Gasteiger partial charge >= 0.3 is 7.60 Å². The topological polar surface area (TPSA) is 98.0 Å². The first-order chi connectivity index (χ1) is 8.07. The molecule has 6 heteroatoms. The molecule has 0 aliphatic carbocycles. The van der Waals surface area contributed by atoms with Gasteiger partial charge in [0.25, 0.3) is 0 Å². The summed E-state index contributed by atoms with van der Waals surface area (Å²) in [5, 5.41) is 19.5. The summed E-state index contributed by atoms with van der Waals surface area (Å²) in [7, 11) is -4.61. The summed E-state index contributed by atoms with van der Waals surface area (Å²) >= 11 is 0. The van der Waals surface area contributed by atoms with E-state index in [0.29, 0.717) is 11.1 Å². The van der Waals surface area contributed by atoms with Crippen LogP contribution in [0, 0.1) is 0 Å². The van der Waals surface area contributed by atoms with E-state index < -0.39 is 18.6 Å². The van der Waals surface area contributed by atoms with Crippen molar-refractivity contribution in [1.82, 2.24) is 0 Å². The van der Waals surface area contributed by atoms with Crippen molar-refractivity contribution in [3.63, 3.8) is 0 Å². The maximum atomic E-state index is 11.3. The zero-order valence-corrected chi connectivity index (χ0v) is 11.8. The third-order valence-corrected chi connectivity index (χ3v) is 3.77. The zero-order chi connectivity index (χ0) is 14.2. The number of phenols is 2. The van der Waals surface area contributed by atoms with Crippen LogP contribution < -0.4 is 5.30 Å². The number of hydrogen-bond acceptors (Lipinski definition) is 3. The van der Waals surface area contributed by atoms with Crippen molar-refractivity contribution in [1.29, 1.82) is 0 Å². The van der Waals surface area contributed by atoms with Gasteiger partial charge in [-0.1, -0.05) is 27.7 Å². The Bertz CT molecular complexity index is 502. The second-order valence-corrected chi connectivity index (χ2v) is 6.51. The van der Waals surface area contributed by atoms with Gasteiger partial charge in [0.2, 0.25) is 0 Å². The van der Waals surface area contributed by atoms with Crippen LogP contribution in [-0.4, -0.2) is 20.0 Å². The molecule has 0 radical (unpaired) electrons. The van der Waals surface area contributed by atoms with E-state index in [2.05, 4.69) is 0 Å². The van der Waals surface area contributed by atoms with Crippen molar-refractivity contribution in [3.8, 4) is 11.5 Å². The summed E-state index contributed by atoms with van der Waals surface area (Å²) in [5.41, 5.74) is 0.919. The quantitative estimate of drug-likeness (QED) is 0.500. The Kier molecular flexibility index (Phi) is 4.11. The third kappa shape index (κ3) is 2.69. The molecule has 0 aliphatic heterocycles. The molecule has 18 heavy (non-hydrogen) atoms. The largest absolute Gasteiger partial charge is 0.508 e. The Morgan fingerprint density at radius 2 is 1.44 bits per heavy atom. The van der Waals surface area contributed by atoms with Crippen LogP contribution in [0.4, 0.5) is 0 Å². The first-order valence-corrected chi connectivity index (χ1v) is 7.33. The Labute approximate surface area is 106 Å². The standard InChI is InChI=1S/C12H19O5P/c1-6(2)10-8(13)5-9(18(15,16)17)12(14)11(10)7(3)4/h5-7,13-14H,1-4H3,(H2,15,16,17). The Morgan fingerprint density at radius 3 is 1.78 bits per heavy atom. The molecular formula is C12H19O5P. The Morgan fingerprint density at radius 1 is 1.00 bits per heavy atom. The molecule has 1 rings (SSSR count). The van der Waals surface area contributed by atoms with Gasteiger partial charge in [0, 0.05) is 11.1 Å². The maximum Gasteiger partial charge on any atom is 0.360 e. The van der Waals surface area contributed by atoms with E-state index in [1.54, 1.807) is 13.8 Å². The highest BCUT2D eigenvalue weighted by Crippen LogP contribution is 2.45. The van der Waals surface area contributed by atoms with Crippen molar-refractivity contribution >= 4 is 12.9 Å². The normalized spacial score (nSPS) is 12.4. The van der Waals surface area contributed by atoms with Crippen LogP contribution >= 0.6 is 7.60 Å². The fourth-order valence-corrected chi connectivity index (χ4v) is 2.78. The van der Waals surface area contributed by atoms with Gasteiger partial charge in [-0.25, -0.2) is 0 Å². The summed E-state index contributed by atoms with van der Waals surface area (Å²) < 4.78 is 11.3. The van der Waals surface area contributed by atoms with Crippen molar-refractivity contribution in [3.05, 3.63) is 17.2 Å². The average molecular weight is 274 g/mol. The van der Waals surface area contributed by atoms with Crippen molar-refractivity contribution < 1.29 is 24.6 Å². The summed E-state index contributed by atoms with van der Waals surface area (Å²) in [4.78, 5) is 18.3. The monoisotopic (exact) mass is 274 g/mol. The molecule has 102 valence electrons. The molecule has 0 fully saturated rings. The molecule has 0 aliphatic rings. The maximum absolute atomic E-state index is 11.3. The lowest BCUT2D eigenvalue weighted by Crippen LogP contribution is -2.11. The van der Waals surface area contributed by atoms with Gasteiger partial charge in [-0.15, -0.1) is 0 Å². The molecule has 0 unspecified atom stereocenters. The minimum absolute atomic E-state index is 0.0564. The number of phenolic OH excluding ortho intramolecular Hbond substituents is 2. The van der Waals surface area contributed by atoms with E-state index in [0.717, 1.165) is 6.07 Å². The molecule has 0 heterocycles. The van der Waals surface area contributed by atoms with Crippen LogP contribution in [0.5, 0.6) is 11.5 Å². The van der Waals surface area contributed by atoms with Crippen LogP contribution in [0.3, 0.4) is 0 Å². The van der Waals surface area contributed by atoms with E-state index in [1.807, 2.05) is 13.8 Å². The molecule has 5 nitrogen and oxygen atoms in total. The van der Waals surface area contributed by atoms with Crippen molar-refractivity contribution in [2.75, 3.05) is 0 Å². The van der Waals surface area contributed by atoms with E-state index in [-0.39, 0.29) is 17.6 Å². The molecule has 1 aromatic carbocycles. The first kappa shape index (κ1) is 15.0. The number of benzene rings is 1. The van der Waals surface area contributed by atoms with Crippen LogP contribution in [0.1, 0.15) is 50.7 Å². The summed E-state index contributed by atoms with van der Waals surface area (Å²) in [6.45, 7) is 7.28. The van der Waals surface area contributed by atoms with Crippen molar-refractivity contribution in [2.45, 2.75) is 39.5 Å². The summed E-state index contributed by atoms with van der Waals surface area (Å²) in [6.07, 6.45) is 0. The Hall–Kier alpha value is -1.03. The number of hydrogen-bond donors (Lipinski definition) is 4. The Balaban J connectivity index is 3.73. The average Bonchev–Trinajstić information content (AvgIpc) is 2.17. The number of rotatable bonds is 3. The minimum Gasteiger partial charge on any atom is -0.508 e. The van der Waals surface area contributed by atoms with Gasteiger partial charge in [0.15, 0.2) is 0 Å². The van der Waals surface area contributed by atoms with Crippen LogP contribution in [-0.2, 0) is 4.57 Å². The van der Waals surface area contributed by atoms with Crippen LogP contribution in [0.25, 0.3) is 0 Å². The number of aromatic hydroxyl groups is 2. The molecule has 1 aromatic rings. The molecule has 0 saturated heterocycles. The molecule has 0 aromatic heterocycles. The zero-order valence-electron chi connectivity index (χ0n) is 10.9. The second kappa shape index (κ2) is 4.92. The fraction of sp³-hybridized carbons (Fsp3) is 0.500. The molecule has 4 N–H and O–H groups in total. The smallest absolute Gasteiger partial charge is 0.360 e. The van der Waals surface area contributed by atoms with Gasteiger partial charge < -0.3 is 20.0 Å². The van der Waals surface area contributed by atoms with E-state index >= 15 is 0 Å². The van der Waals surface area contributed by atoms with Crippen LogP contribution in [0.15, 0.2) is 6.07 Å². The predicted molar refractivity (Wildman–Crippen MR) is 69.6 cm³/mol. The SMILES string of the molecule is CC(C)c1c(O)cc(P(=O)(O)O)c(O)c1C(C)C.